The van der Waals surface area contributed by atoms with Crippen molar-refractivity contribution in [3.05, 3.63) is 9.81 Å². The van der Waals surface area contributed by atoms with Crippen molar-refractivity contribution < 1.29 is 51.4 Å². The predicted octanol–water partition coefficient (Wildman–Crippen LogP) is -1.84. The van der Waals surface area contributed by atoms with Crippen LogP contribution >= 0.6 is 11.8 Å². The molecule has 0 aliphatic carbocycles. The normalized spacial score (nSPS) is 6.30. The molecule has 0 atom stereocenters. The number of nitrogens with zero attached hydrogens (tertiary/aromatic N) is 2. The number of thioether (sulfide) groups is 1. The van der Waals surface area contributed by atoms with Crippen LogP contribution in [0.4, 0.5) is 0 Å². The van der Waals surface area contributed by atoms with E-state index in [0.717, 1.165) is 0 Å². The molecule has 0 aromatic carbocycles. The van der Waals surface area contributed by atoms with Crippen LogP contribution in [-0.2, 0) is 12.6 Å². The summed E-state index contributed by atoms with van der Waals surface area (Å²) in [4.78, 5) is 0. The number of rotatable bonds is 1. The molecule has 2 nitrogen and oxygen atoms in total. The monoisotopic (exact) mass is 194 g/mol. The first kappa shape index (κ1) is 13.5. The summed E-state index contributed by atoms with van der Waals surface area (Å²) in [6.45, 7) is 0. The number of hydrogen-bond acceptors (Lipinski definition) is 4. The summed E-state index contributed by atoms with van der Waals surface area (Å²) in [5.74, 6) is 0. The van der Waals surface area contributed by atoms with Crippen molar-refractivity contribution >= 4 is 24.4 Å². The number of allylic oxidation sites excluding steroid dienone is 1. The molecule has 5 heteroatoms. The quantitative estimate of drug-likeness (QED) is 0.280. The molecule has 0 aromatic rings. The smallest absolute Gasteiger partial charge is 0.771 e. The van der Waals surface area contributed by atoms with E-state index in [1.54, 1.807) is 18.4 Å². The summed E-state index contributed by atoms with van der Waals surface area (Å²) in [5, 5.41) is 16.4. The molecule has 0 aromatic heterocycles. The van der Waals surface area contributed by atoms with Crippen LogP contribution in [0.15, 0.2) is 9.81 Å². The molecule has 0 fully saturated rings. The summed E-state index contributed by atoms with van der Waals surface area (Å²) in [6, 6.07) is 3.39. The zero-order valence-electron chi connectivity index (χ0n) is 5.71. The first-order chi connectivity index (χ1) is 4.26. The Bertz CT molecular complexity index is 195. The first-order valence-corrected chi connectivity index (χ1v) is 3.65. The van der Waals surface area contributed by atoms with Gasteiger partial charge in [-0.2, -0.15) is 22.3 Å². The van der Waals surface area contributed by atoms with Crippen LogP contribution in [0.3, 0.4) is 0 Å². The predicted molar refractivity (Wildman–Crippen MR) is 39.1 cm³/mol. The molecular formula is C5H3KN2S2. The summed E-state index contributed by atoms with van der Waals surface area (Å²) in [5.41, 5.74) is 0.0255. The van der Waals surface area contributed by atoms with E-state index >= 15 is 0 Å². The standard InChI is InChI=1S/C5H4N2S2.K/c1-9-5(8)4(2-6)3-7;/h8H,1H3;/q;+1/p-1. The molecule has 0 spiro atoms. The maximum absolute atomic E-state index is 8.22. The molecule has 0 rings (SSSR count). The summed E-state index contributed by atoms with van der Waals surface area (Å²) >= 11 is 5.89. The zero-order chi connectivity index (χ0) is 7.28. The van der Waals surface area contributed by atoms with Crippen molar-refractivity contribution in [1.82, 2.24) is 0 Å². The van der Waals surface area contributed by atoms with E-state index in [2.05, 4.69) is 12.6 Å². The van der Waals surface area contributed by atoms with E-state index < -0.39 is 0 Å². The second kappa shape index (κ2) is 8.03. The molecule has 0 saturated heterocycles. The number of nitriles is 2. The molecule has 0 bridgehead atoms. The van der Waals surface area contributed by atoms with Gasteiger partial charge in [0.2, 0.25) is 0 Å². The minimum absolute atomic E-state index is 0. The number of hydrogen-bond donors (Lipinski definition) is 0. The van der Waals surface area contributed by atoms with E-state index in [0.29, 0.717) is 4.24 Å². The molecule has 0 aliphatic rings. The molecule has 0 aliphatic heterocycles. The van der Waals surface area contributed by atoms with Crippen molar-refractivity contribution in [3.8, 4) is 12.1 Å². The fourth-order valence-corrected chi connectivity index (χ4v) is 0.605. The second-order valence-electron chi connectivity index (χ2n) is 1.09. The minimum Gasteiger partial charge on any atom is -0.771 e. The maximum Gasteiger partial charge on any atom is 1.00 e. The minimum atomic E-state index is 0. The maximum atomic E-state index is 8.22. The Morgan fingerprint density at radius 2 is 1.80 bits per heavy atom. The fraction of sp³-hybridized carbons (Fsp3) is 0.200. The molecule has 46 valence electrons. The average molecular weight is 194 g/mol. The van der Waals surface area contributed by atoms with Crippen LogP contribution in [-0.4, -0.2) is 6.26 Å². The van der Waals surface area contributed by atoms with Crippen molar-refractivity contribution in [2.75, 3.05) is 6.26 Å². The SMILES string of the molecule is CSC([S-])=C(C#N)C#N.[K+]. The van der Waals surface area contributed by atoms with Gasteiger partial charge in [-0.05, 0) is 6.26 Å². The Labute approximate surface area is 112 Å². The van der Waals surface area contributed by atoms with Crippen LogP contribution in [0, 0.1) is 22.7 Å². The molecule has 10 heavy (non-hydrogen) atoms. The van der Waals surface area contributed by atoms with Gasteiger partial charge in [0.1, 0.15) is 17.7 Å². The van der Waals surface area contributed by atoms with Gasteiger partial charge in [-0.1, -0.05) is 0 Å². The van der Waals surface area contributed by atoms with Crippen molar-refractivity contribution in [2.24, 2.45) is 0 Å². The third-order valence-electron chi connectivity index (χ3n) is 0.613. The van der Waals surface area contributed by atoms with Gasteiger partial charge >= 0.3 is 51.4 Å². The van der Waals surface area contributed by atoms with Crippen molar-refractivity contribution in [2.45, 2.75) is 0 Å². The van der Waals surface area contributed by atoms with Gasteiger partial charge in [-0.15, -0.1) is 4.24 Å². The van der Waals surface area contributed by atoms with Crippen LogP contribution < -0.4 is 51.4 Å². The summed E-state index contributed by atoms with van der Waals surface area (Å²) in [6.07, 6.45) is 1.73. The molecule has 0 unspecified atom stereocenters. The summed E-state index contributed by atoms with van der Waals surface area (Å²) < 4.78 is 0.361. The topological polar surface area (TPSA) is 47.6 Å². The van der Waals surface area contributed by atoms with Crippen molar-refractivity contribution in [1.29, 1.82) is 10.5 Å². The Hall–Kier alpha value is 0.926. The molecule has 0 heterocycles. The zero-order valence-corrected chi connectivity index (χ0v) is 10.5. The first-order valence-electron chi connectivity index (χ1n) is 2.01. The second-order valence-corrected chi connectivity index (χ2v) is 2.57. The van der Waals surface area contributed by atoms with Gasteiger partial charge in [0, 0.05) is 0 Å². The van der Waals surface area contributed by atoms with Crippen LogP contribution in [0.2, 0.25) is 0 Å². The average Bonchev–Trinajstić information content (AvgIpc) is 1.90. The van der Waals surface area contributed by atoms with E-state index in [1.807, 2.05) is 0 Å². The van der Waals surface area contributed by atoms with Crippen LogP contribution in [0.1, 0.15) is 0 Å². The van der Waals surface area contributed by atoms with Crippen molar-refractivity contribution in [3.63, 3.8) is 0 Å². The Morgan fingerprint density at radius 3 is 1.90 bits per heavy atom. The Kier molecular flexibility index (Phi) is 10.8. The van der Waals surface area contributed by atoms with Gasteiger partial charge in [-0.25, -0.2) is 0 Å². The Morgan fingerprint density at radius 1 is 1.40 bits per heavy atom. The summed E-state index contributed by atoms with van der Waals surface area (Å²) in [7, 11) is 0. The van der Waals surface area contributed by atoms with E-state index in [9.17, 15) is 0 Å². The fourth-order valence-electron chi connectivity index (χ4n) is 0.218. The molecule has 0 amide bonds. The van der Waals surface area contributed by atoms with Gasteiger partial charge in [-0.3, -0.25) is 0 Å². The van der Waals surface area contributed by atoms with Gasteiger partial charge in [0.15, 0.2) is 0 Å². The largest absolute Gasteiger partial charge is 1.00 e. The van der Waals surface area contributed by atoms with E-state index in [-0.39, 0.29) is 57.0 Å². The third kappa shape index (κ3) is 4.70. The van der Waals surface area contributed by atoms with E-state index in [4.69, 9.17) is 10.5 Å². The molecule has 0 saturated carbocycles. The van der Waals surface area contributed by atoms with Crippen LogP contribution in [0.5, 0.6) is 0 Å². The third-order valence-corrected chi connectivity index (χ3v) is 1.89. The molecule has 0 N–H and O–H groups in total. The van der Waals surface area contributed by atoms with Gasteiger partial charge in [0.05, 0.1) is 0 Å². The van der Waals surface area contributed by atoms with E-state index in [1.165, 1.54) is 11.8 Å². The van der Waals surface area contributed by atoms with Gasteiger partial charge in [0.25, 0.3) is 0 Å². The van der Waals surface area contributed by atoms with Gasteiger partial charge < -0.3 is 12.6 Å². The van der Waals surface area contributed by atoms with Crippen LogP contribution in [0.25, 0.3) is 0 Å². The Balaban J connectivity index is 0. The molecular weight excluding hydrogens is 191 g/mol. The molecule has 0 radical (unpaired) electrons.